The lowest BCUT2D eigenvalue weighted by atomic mass is 10.0. The smallest absolute Gasteiger partial charge is 0.258 e. The number of carbonyl (C=O) groups excluding carboxylic acids is 1. The number of anilines is 2. The zero-order chi connectivity index (χ0) is 19.0. The molecule has 2 heterocycles. The van der Waals surface area contributed by atoms with Gasteiger partial charge in [-0.25, -0.2) is 4.68 Å². The van der Waals surface area contributed by atoms with Crippen molar-refractivity contribution in [1.29, 1.82) is 0 Å². The molecule has 138 valence electrons. The van der Waals surface area contributed by atoms with Crippen molar-refractivity contribution in [2.24, 2.45) is 0 Å². The Morgan fingerprint density at radius 3 is 2.59 bits per heavy atom. The van der Waals surface area contributed by atoms with Gasteiger partial charge in [0.1, 0.15) is 0 Å². The van der Waals surface area contributed by atoms with E-state index in [4.69, 9.17) is 0 Å². The monoisotopic (exact) mass is 360 g/mol. The Kier molecular flexibility index (Phi) is 4.44. The number of amides is 1. The van der Waals surface area contributed by atoms with Gasteiger partial charge in [-0.15, -0.1) is 0 Å². The summed E-state index contributed by atoms with van der Waals surface area (Å²) >= 11 is 0. The Balaban J connectivity index is 1.68. The van der Waals surface area contributed by atoms with E-state index < -0.39 is 0 Å². The molecule has 3 aromatic rings. The maximum atomic E-state index is 13.3. The first-order chi connectivity index (χ1) is 13.1. The Morgan fingerprint density at radius 2 is 1.93 bits per heavy atom. The first-order valence-electron chi connectivity index (χ1n) is 9.36. The van der Waals surface area contributed by atoms with E-state index in [2.05, 4.69) is 43.3 Å². The quantitative estimate of drug-likeness (QED) is 0.756. The maximum absolute atomic E-state index is 13.3. The molecule has 1 aliphatic rings. The number of aromatic nitrogens is 2. The average molecular weight is 360 g/mol. The molecule has 4 rings (SSSR count). The van der Waals surface area contributed by atoms with E-state index in [1.165, 1.54) is 11.1 Å². The third-order valence-electron chi connectivity index (χ3n) is 5.29. The van der Waals surface area contributed by atoms with Gasteiger partial charge in [0, 0.05) is 30.5 Å². The van der Waals surface area contributed by atoms with Crippen LogP contribution in [0.4, 0.5) is 11.4 Å². The molecule has 1 atom stereocenters. The lowest BCUT2D eigenvalue weighted by Crippen LogP contribution is -2.44. The van der Waals surface area contributed by atoms with Crippen LogP contribution < -0.4 is 10.2 Å². The molecule has 0 saturated carbocycles. The van der Waals surface area contributed by atoms with Gasteiger partial charge in [0.2, 0.25) is 0 Å². The molecule has 0 fully saturated rings. The summed E-state index contributed by atoms with van der Waals surface area (Å²) in [6, 6.07) is 14.0. The molecule has 0 radical (unpaired) electrons. The molecule has 1 N–H and O–H groups in total. The molecule has 1 aromatic heterocycles. The second-order valence-electron chi connectivity index (χ2n) is 7.12. The van der Waals surface area contributed by atoms with Crippen molar-refractivity contribution in [3.05, 3.63) is 71.5 Å². The third-order valence-corrected chi connectivity index (χ3v) is 5.29. The molecule has 2 aromatic carbocycles. The number of benzene rings is 2. The summed E-state index contributed by atoms with van der Waals surface area (Å²) in [6.45, 7) is 7.01. The van der Waals surface area contributed by atoms with Crippen LogP contribution in [-0.4, -0.2) is 28.3 Å². The third kappa shape index (κ3) is 3.21. The van der Waals surface area contributed by atoms with Gasteiger partial charge < -0.3 is 10.2 Å². The minimum Gasteiger partial charge on any atom is -0.379 e. The lowest BCUT2D eigenvalue weighted by molar-refractivity contribution is 0.0985. The fourth-order valence-electron chi connectivity index (χ4n) is 3.48. The number of rotatable bonds is 3. The molecule has 1 amide bonds. The normalized spacial score (nSPS) is 16.0. The van der Waals surface area contributed by atoms with Gasteiger partial charge in [-0.1, -0.05) is 6.92 Å². The van der Waals surface area contributed by atoms with Crippen LogP contribution >= 0.6 is 0 Å². The molecule has 0 bridgehead atoms. The number of nitrogens with one attached hydrogen (secondary N) is 1. The largest absolute Gasteiger partial charge is 0.379 e. The molecule has 0 spiro atoms. The van der Waals surface area contributed by atoms with Gasteiger partial charge >= 0.3 is 0 Å². The van der Waals surface area contributed by atoms with Crippen molar-refractivity contribution in [1.82, 2.24) is 9.78 Å². The molecular weight excluding hydrogens is 336 g/mol. The highest BCUT2D eigenvalue weighted by molar-refractivity contribution is 6.08. The Morgan fingerprint density at radius 1 is 1.19 bits per heavy atom. The van der Waals surface area contributed by atoms with Crippen molar-refractivity contribution in [3.8, 4) is 5.69 Å². The summed E-state index contributed by atoms with van der Waals surface area (Å²) in [5.74, 6) is 0.0338. The van der Waals surface area contributed by atoms with Gasteiger partial charge in [0.25, 0.3) is 5.91 Å². The average Bonchev–Trinajstić information content (AvgIpc) is 3.22. The maximum Gasteiger partial charge on any atom is 0.258 e. The summed E-state index contributed by atoms with van der Waals surface area (Å²) in [6.07, 6.45) is 4.60. The molecule has 5 nitrogen and oxygen atoms in total. The summed E-state index contributed by atoms with van der Waals surface area (Å²) in [5, 5.41) is 7.81. The predicted molar refractivity (Wildman–Crippen MR) is 109 cm³/mol. The highest BCUT2D eigenvalue weighted by Gasteiger charge is 2.28. The van der Waals surface area contributed by atoms with Crippen LogP contribution in [0.15, 0.2) is 54.9 Å². The van der Waals surface area contributed by atoms with Gasteiger partial charge in [-0.05, 0) is 73.9 Å². The number of hydrogen-bond acceptors (Lipinski definition) is 3. The van der Waals surface area contributed by atoms with E-state index in [1.807, 2.05) is 41.4 Å². The van der Waals surface area contributed by atoms with Crippen LogP contribution in [0.25, 0.3) is 5.69 Å². The van der Waals surface area contributed by atoms with Gasteiger partial charge in [-0.2, -0.15) is 5.10 Å². The first-order valence-corrected chi connectivity index (χ1v) is 9.36. The minimum absolute atomic E-state index is 0.0338. The molecule has 27 heavy (non-hydrogen) atoms. The summed E-state index contributed by atoms with van der Waals surface area (Å²) in [5.41, 5.74) is 6.05. The number of carbonyl (C=O) groups is 1. The first kappa shape index (κ1) is 17.3. The Hall–Kier alpha value is -3.08. The standard InChI is InChI=1S/C22H24N4O/c1-4-18-14-25(21-13-16(3)15(2)12-20(21)24-18)22(27)17-6-8-19(9-7-17)26-11-5-10-23-26/h5-13,18,24H,4,14H2,1-3H3. The van der Waals surface area contributed by atoms with Crippen LogP contribution in [0.5, 0.6) is 0 Å². The van der Waals surface area contributed by atoms with Crippen LogP contribution in [-0.2, 0) is 0 Å². The number of hydrogen-bond donors (Lipinski definition) is 1. The predicted octanol–water partition coefficient (Wildman–Crippen LogP) is 4.34. The van der Waals surface area contributed by atoms with Gasteiger partial charge in [0.05, 0.1) is 17.1 Å². The van der Waals surface area contributed by atoms with Gasteiger partial charge in [-0.3, -0.25) is 4.79 Å². The van der Waals surface area contributed by atoms with Crippen molar-refractivity contribution in [2.45, 2.75) is 33.2 Å². The Bertz CT molecular complexity index is 961. The topological polar surface area (TPSA) is 50.2 Å². The van der Waals surface area contributed by atoms with Gasteiger partial charge in [0.15, 0.2) is 0 Å². The summed E-state index contributed by atoms with van der Waals surface area (Å²) < 4.78 is 1.79. The summed E-state index contributed by atoms with van der Waals surface area (Å²) in [4.78, 5) is 15.2. The molecule has 0 aliphatic carbocycles. The van der Waals surface area contributed by atoms with E-state index in [0.29, 0.717) is 12.1 Å². The number of fused-ring (bicyclic) bond motifs is 1. The molecule has 0 saturated heterocycles. The second kappa shape index (κ2) is 6.91. The fraction of sp³-hybridized carbons (Fsp3) is 0.273. The highest BCUT2D eigenvalue weighted by atomic mass is 16.2. The van der Waals surface area contributed by atoms with Crippen molar-refractivity contribution in [3.63, 3.8) is 0 Å². The fourth-order valence-corrected chi connectivity index (χ4v) is 3.48. The van der Waals surface area contributed by atoms with Crippen LogP contribution in [0.3, 0.4) is 0 Å². The zero-order valence-electron chi connectivity index (χ0n) is 15.9. The van der Waals surface area contributed by atoms with E-state index >= 15 is 0 Å². The van der Waals surface area contributed by atoms with Crippen molar-refractivity contribution in [2.75, 3.05) is 16.8 Å². The Labute approximate surface area is 159 Å². The molecule has 1 unspecified atom stereocenters. The van der Waals surface area contributed by atoms with Crippen LogP contribution in [0.2, 0.25) is 0 Å². The van der Waals surface area contributed by atoms with Crippen LogP contribution in [0.1, 0.15) is 34.8 Å². The number of nitrogens with zero attached hydrogens (tertiary/aromatic N) is 3. The van der Waals surface area contributed by atoms with Crippen LogP contribution in [0, 0.1) is 13.8 Å². The lowest BCUT2D eigenvalue weighted by Gasteiger charge is -2.36. The van der Waals surface area contributed by atoms with Crippen molar-refractivity contribution >= 4 is 17.3 Å². The molecule has 1 aliphatic heterocycles. The van der Waals surface area contributed by atoms with E-state index in [0.717, 1.165) is 23.5 Å². The van der Waals surface area contributed by atoms with Crippen molar-refractivity contribution < 1.29 is 4.79 Å². The van der Waals surface area contributed by atoms with E-state index in [-0.39, 0.29) is 11.9 Å². The molecule has 5 heteroatoms. The highest BCUT2D eigenvalue weighted by Crippen LogP contribution is 2.35. The second-order valence-corrected chi connectivity index (χ2v) is 7.12. The van der Waals surface area contributed by atoms with E-state index in [1.54, 1.807) is 10.9 Å². The molecular formula is C22H24N4O. The zero-order valence-corrected chi connectivity index (χ0v) is 15.9. The minimum atomic E-state index is 0.0338. The number of aryl methyl sites for hydroxylation is 2. The van der Waals surface area contributed by atoms with E-state index in [9.17, 15) is 4.79 Å². The SMILES string of the molecule is CCC1CN(C(=O)c2ccc(-n3cccn3)cc2)c2cc(C)c(C)cc2N1. The summed E-state index contributed by atoms with van der Waals surface area (Å²) in [7, 11) is 0.